The first kappa shape index (κ1) is 14.4. The van der Waals surface area contributed by atoms with Gasteiger partial charge in [-0.05, 0) is 25.0 Å². The van der Waals surface area contributed by atoms with Gasteiger partial charge in [-0.15, -0.1) is 11.8 Å². The van der Waals surface area contributed by atoms with E-state index in [0.29, 0.717) is 6.42 Å². The van der Waals surface area contributed by atoms with Crippen LogP contribution < -0.4 is 5.73 Å². The summed E-state index contributed by atoms with van der Waals surface area (Å²) in [6.45, 7) is 1.97. The zero-order valence-corrected chi connectivity index (χ0v) is 12.0. The lowest BCUT2D eigenvalue weighted by atomic mass is 10.1. The number of nitrogen functional groups attached to an aromatic ring is 1. The lowest BCUT2D eigenvalue weighted by Gasteiger charge is -2.08. The molecular weight excluding hydrogens is 272 g/mol. The minimum atomic E-state index is -0.332. The molecule has 0 spiro atoms. The Morgan fingerprint density at radius 2 is 1.95 bits per heavy atom. The van der Waals surface area contributed by atoms with Gasteiger partial charge in [0.15, 0.2) is 0 Å². The van der Waals surface area contributed by atoms with Gasteiger partial charge in [-0.2, -0.15) is 0 Å². The Bertz CT molecular complexity index is 629. The zero-order chi connectivity index (χ0) is 14.5. The van der Waals surface area contributed by atoms with Crippen molar-refractivity contribution in [2.24, 2.45) is 0 Å². The summed E-state index contributed by atoms with van der Waals surface area (Å²) < 4.78 is 0. The number of para-hydroxylation sites is 2. The number of hydrogen-bond donors (Lipinski definition) is 1. The molecule has 0 fully saturated rings. The van der Waals surface area contributed by atoms with Gasteiger partial charge in [0.05, 0.1) is 4.92 Å². The number of anilines is 1. The maximum Gasteiger partial charge on any atom is 0.272 e. The van der Waals surface area contributed by atoms with Crippen LogP contribution in [0.1, 0.15) is 11.1 Å². The van der Waals surface area contributed by atoms with Crippen molar-refractivity contribution in [1.82, 2.24) is 0 Å². The van der Waals surface area contributed by atoms with E-state index in [9.17, 15) is 10.1 Å². The van der Waals surface area contributed by atoms with Crippen LogP contribution in [0.5, 0.6) is 0 Å². The third-order valence-corrected chi connectivity index (χ3v) is 4.18. The lowest BCUT2D eigenvalue weighted by molar-refractivity contribution is -0.385. The molecule has 0 heterocycles. The second-order valence-corrected chi connectivity index (χ2v) is 5.61. The SMILES string of the molecule is Cc1cccc(SCCc2ccccc2[N+](=O)[O-])c1N. The van der Waals surface area contributed by atoms with Crippen LogP contribution in [0.25, 0.3) is 0 Å². The Kier molecular flexibility index (Phi) is 4.63. The van der Waals surface area contributed by atoms with E-state index < -0.39 is 0 Å². The van der Waals surface area contributed by atoms with Gasteiger partial charge < -0.3 is 5.73 Å². The van der Waals surface area contributed by atoms with Crippen molar-refractivity contribution in [2.75, 3.05) is 11.5 Å². The summed E-state index contributed by atoms with van der Waals surface area (Å²) in [5.41, 5.74) is 8.80. The van der Waals surface area contributed by atoms with Crippen molar-refractivity contribution in [3.8, 4) is 0 Å². The van der Waals surface area contributed by atoms with E-state index in [4.69, 9.17) is 5.73 Å². The fraction of sp³-hybridized carbons (Fsp3) is 0.200. The Morgan fingerprint density at radius 1 is 1.20 bits per heavy atom. The highest BCUT2D eigenvalue weighted by Crippen LogP contribution is 2.29. The van der Waals surface area contributed by atoms with Crippen LogP contribution in [-0.2, 0) is 6.42 Å². The predicted molar refractivity (Wildman–Crippen MR) is 83.1 cm³/mol. The van der Waals surface area contributed by atoms with E-state index in [1.165, 1.54) is 0 Å². The second kappa shape index (κ2) is 6.43. The van der Waals surface area contributed by atoms with E-state index in [1.54, 1.807) is 30.0 Å². The first-order valence-electron chi connectivity index (χ1n) is 6.30. The third kappa shape index (κ3) is 3.30. The molecule has 5 heteroatoms. The number of nitro benzene ring substituents is 1. The van der Waals surface area contributed by atoms with Crippen LogP contribution in [0.3, 0.4) is 0 Å². The maximum atomic E-state index is 10.9. The van der Waals surface area contributed by atoms with E-state index in [0.717, 1.165) is 27.5 Å². The number of thioether (sulfide) groups is 1. The summed E-state index contributed by atoms with van der Waals surface area (Å²) in [4.78, 5) is 11.6. The van der Waals surface area contributed by atoms with Crippen molar-refractivity contribution in [3.63, 3.8) is 0 Å². The van der Waals surface area contributed by atoms with Crippen LogP contribution in [0.15, 0.2) is 47.4 Å². The average Bonchev–Trinajstić information content (AvgIpc) is 2.44. The van der Waals surface area contributed by atoms with Crippen LogP contribution >= 0.6 is 11.8 Å². The molecule has 2 rings (SSSR count). The summed E-state index contributed by atoms with van der Waals surface area (Å²) in [6.07, 6.45) is 0.648. The number of nitro groups is 1. The molecule has 0 radical (unpaired) electrons. The van der Waals surface area contributed by atoms with Gasteiger partial charge in [-0.25, -0.2) is 0 Å². The monoisotopic (exact) mass is 288 g/mol. The maximum absolute atomic E-state index is 10.9. The second-order valence-electron chi connectivity index (χ2n) is 4.47. The summed E-state index contributed by atoms with van der Waals surface area (Å²) in [6, 6.07) is 12.8. The number of nitrogens with two attached hydrogens (primary N) is 1. The molecule has 0 aliphatic carbocycles. The van der Waals surface area contributed by atoms with Crippen molar-refractivity contribution in [2.45, 2.75) is 18.2 Å². The molecule has 20 heavy (non-hydrogen) atoms. The molecule has 0 atom stereocenters. The standard InChI is InChI=1S/C15H16N2O2S/c1-11-5-4-8-14(15(11)16)20-10-9-12-6-2-3-7-13(12)17(18)19/h2-8H,9-10,16H2,1H3. The highest BCUT2D eigenvalue weighted by molar-refractivity contribution is 7.99. The van der Waals surface area contributed by atoms with Crippen LogP contribution in [0.4, 0.5) is 11.4 Å². The molecule has 104 valence electrons. The summed E-state index contributed by atoms with van der Waals surface area (Å²) >= 11 is 1.63. The fourth-order valence-electron chi connectivity index (χ4n) is 1.95. The van der Waals surface area contributed by atoms with Gasteiger partial charge in [0.2, 0.25) is 0 Å². The number of aryl methyl sites for hydroxylation is 2. The highest BCUT2D eigenvalue weighted by atomic mass is 32.2. The molecule has 2 aromatic rings. The third-order valence-electron chi connectivity index (χ3n) is 3.10. The number of rotatable bonds is 5. The van der Waals surface area contributed by atoms with Gasteiger partial charge >= 0.3 is 0 Å². The Hall–Kier alpha value is -2.01. The number of hydrogen-bond acceptors (Lipinski definition) is 4. The first-order valence-corrected chi connectivity index (χ1v) is 7.28. The van der Waals surface area contributed by atoms with Crippen molar-refractivity contribution < 1.29 is 4.92 Å². The summed E-state index contributed by atoms with van der Waals surface area (Å²) in [7, 11) is 0. The molecule has 2 aromatic carbocycles. The normalized spacial score (nSPS) is 10.4. The minimum Gasteiger partial charge on any atom is -0.398 e. The van der Waals surface area contributed by atoms with E-state index in [-0.39, 0.29) is 10.6 Å². The predicted octanol–water partition coefficient (Wildman–Crippen LogP) is 3.82. The highest BCUT2D eigenvalue weighted by Gasteiger charge is 2.12. The first-order chi connectivity index (χ1) is 9.59. The van der Waals surface area contributed by atoms with Gasteiger partial charge in [0.25, 0.3) is 5.69 Å². The fourth-order valence-corrected chi connectivity index (χ4v) is 2.98. The molecule has 0 aliphatic heterocycles. The van der Waals surface area contributed by atoms with Gasteiger partial charge in [0, 0.05) is 28.0 Å². The van der Waals surface area contributed by atoms with E-state index >= 15 is 0 Å². The molecule has 2 N–H and O–H groups in total. The van der Waals surface area contributed by atoms with E-state index in [2.05, 4.69) is 0 Å². The Labute approximate surface area is 122 Å². The molecule has 0 aromatic heterocycles. The van der Waals surface area contributed by atoms with Crippen LogP contribution in [-0.4, -0.2) is 10.7 Å². The molecule has 0 saturated carbocycles. The molecular formula is C15H16N2O2S. The van der Waals surface area contributed by atoms with E-state index in [1.807, 2.05) is 31.2 Å². The van der Waals surface area contributed by atoms with Crippen molar-refractivity contribution >= 4 is 23.1 Å². The largest absolute Gasteiger partial charge is 0.398 e. The molecule has 0 unspecified atom stereocenters. The smallest absolute Gasteiger partial charge is 0.272 e. The minimum absolute atomic E-state index is 0.185. The van der Waals surface area contributed by atoms with Gasteiger partial charge in [-0.1, -0.05) is 30.3 Å². The molecule has 0 amide bonds. The molecule has 0 aliphatic rings. The topological polar surface area (TPSA) is 69.2 Å². The zero-order valence-electron chi connectivity index (χ0n) is 11.2. The number of nitrogens with zero attached hydrogens (tertiary/aromatic N) is 1. The Morgan fingerprint density at radius 3 is 2.70 bits per heavy atom. The average molecular weight is 288 g/mol. The van der Waals surface area contributed by atoms with Crippen molar-refractivity contribution in [3.05, 3.63) is 63.7 Å². The molecule has 0 bridgehead atoms. The molecule has 4 nitrogen and oxygen atoms in total. The number of benzene rings is 2. The molecule has 0 saturated heterocycles. The van der Waals surface area contributed by atoms with Crippen LogP contribution in [0, 0.1) is 17.0 Å². The van der Waals surface area contributed by atoms with Crippen molar-refractivity contribution in [1.29, 1.82) is 0 Å². The summed E-state index contributed by atoms with van der Waals surface area (Å²) in [5.74, 6) is 0.762. The lowest BCUT2D eigenvalue weighted by Crippen LogP contribution is -1.98. The van der Waals surface area contributed by atoms with Gasteiger partial charge in [0.1, 0.15) is 0 Å². The quantitative estimate of drug-likeness (QED) is 0.393. The van der Waals surface area contributed by atoms with Gasteiger partial charge in [-0.3, -0.25) is 10.1 Å². The van der Waals surface area contributed by atoms with Crippen LogP contribution in [0.2, 0.25) is 0 Å². The summed E-state index contributed by atoms with van der Waals surface area (Å²) in [5, 5.41) is 10.9. The Balaban J connectivity index is 2.03.